The zero-order chi connectivity index (χ0) is 19.7. The fraction of sp³-hybridized carbons (Fsp3) is 0.211. The van der Waals surface area contributed by atoms with Crippen molar-refractivity contribution >= 4 is 22.0 Å². The third-order valence-electron chi connectivity index (χ3n) is 3.57. The van der Waals surface area contributed by atoms with E-state index < -0.39 is 10.0 Å². The molecule has 27 heavy (non-hydrogen) atoms. The quantitative estimate of drug-likeness (QED) is 0.503. The first kappa shape index (κ1) is 20.5. The zero-order valence-corrected chi connectivity index (χ0v) is 16.0. The number of ether oxygens (including phenoxy) is 2. The van der Waals surface area contributed by atoms with E-state index in [2.05, 4.69) is 10.0 Å². The Labute approximate surface area is 159 Å². The van der Waals surface area contributed by atoms with E-state index in [1.807, 2.05) is 0 Å². The normalized spacial score (nSPS) is 11.3. The zero-order valence-electron chi connectivity index (χ0n) is 15.1. The van der Waals surface area contributed by atoms with E-state index in [0.717, 1.165) is 5.56 Å². The van der Waals surface area contributed by atoms with Gasteiger partial charge < -0.3 is 14.8 Å². The molecular weight excluding hydrogens is 368 g/mol. The van der Waals surface area contributed by atoms with Crippen molar-refractivity contribution in [3.63, 3.8) is 0 Å². The molecule has 0 unspecified atom stereocenters. The van der Waals surface area contributed by atoms with Crippen molar-refractivity contribution in [2.24, 2.45) is 0 Å². The molecule has 0 bridgehead atoms. The molecule has 2 aromatic rings. The largest absolute Gasteiger partial charge is 0.497 e. The van der Waals surface area contributed by atoms with Crippen LogP contribution in [0.4, 0.5) is 0 Å². The van der Waals surface area contributed by atoms with Crippen LogP contribution in [-0.4, -0.2) is 41.6 Å². The van der Waals surface area contributed by atoms with Crippen LogP contribution in [0.1, 0.15) is 5.56 Å². The van der Waals surface area contributed by atoms with Crippen LogP contribution in [-0.2, 0) is 14.8 Å². The second kappa shape index (κ2) is 9.75. The van der Waals surface area contributed by atoms with Crippen LogP contribution in [0, 0.1) is 0 Å². The molecule has 0 spiro atoms. The number of nitrogens with one attached hydrogen (secondary N) is 2. The summed E-state index contributed by atoms with van der Waals surface area (Å²) in [5.74, 6) is 0.894. The van der Waals surface area contributed by atoms with Gasteiger partial charge in [0.25, 0.3) is 0 Å². The van der Waals surface area contributed by atoms with Gasteiger partial charge >= 0.3 is 0 Å². The number of hydrogen-bond acceptors (Lipinski definition) is 5. The van der Waals surface area contributed by atoms with Gasteiger partial charge in [0.05, 0.1) is 19.1 Å². The minimum Gasteiger partial charge on any atom is -0.497 e. The number of benzene rings is 2. The molecule has 144 valence electrons. The smallest absolute Gasteiger partial charge is 0.244 e. The summed E-state index contributed by atoms with van der Waals surface area (Å²) in [5.41, 5.74) is 0.742. The van der Waals surface area contributed by atoms with E-state index in [1.54, 1.807) is 56.7 Å². The van der Waals surface area contributed by atoms with Crippen molar-refractivity contribution in [1.82, 2.24) is 10.0 Å². The Morgan fingerprint density at radius 2 is 1.63 bits per heavy atom. The molecule has 0 radical (unpaired) electrons. The summed E-state index contributed by atoms with van der Waals surface area (Å²) in [7, 11) is -0.482. The molecule has 0 saturated heterocycles. The Morgan fingerprint density at radius 1 is 1.00 bits per heavy atom. The maximum atomic E-state index is 12.0. The SMILES string of the molecule is COc1cc(/C=C/C(=O)NCCNS(=O)(=O)c2ccccc2)cc(OC)c1. The summed E-state index contributed by atoms with van der Waals surface area (Å²) >= 11 is 0. The third kappa shape index (κ3) is 6.43. The molecule has 0 aliphatic carbocycles. The monoisotopic (exact) mass is 390 g/mol. The maximum Gasteiger partial charge on any atom is 0.244 e. The molecule has 8 heteroatoms. The van der Waals surface area contributed by atoms with Crippen molar-refractivity contribution in [1.29, 1.82) is 0 Å². The second-order valence-electron chi connectivity index (χ2n) is 5.48. The number of methoxy groups -OCH3 is 2. The molecule has 0 saturated carbocycles. The van der Waals surface area contributed by atoms with Gasteiger partial charge in [-0.2, -0.15) is 0 Å². The lowest BCUT2D eigenvalue weighted by Crippen LogP contribution is -2.34. The van der Waals surface area contributed by atoms with Crippen molar-refractivity contribution < 1.29 is 22.7 Å². The van der Waals surface area contributed by atoms with Gasteiger partial charge in [-0.05, 0) is 35.9 Å². The van der Waals surface area contributed by atoms with Gasteiger partial charge in [0, 0.05) is 25.2 Å². The number of amides is 1. The van der Waals surface area contributed by atoms with Crippen molar-refractivity contribution in [3.05, 3.63) is 60.2 Å². The van der Waals surface area contributed by atoms with Crippen LogP contribution in [0.5, 0.6) is 11.5 Å². The van der Waals surface area contributed by atoms with Crippen LogP contribution in [0.3, 0.4) is 0 Å². The summed E-state index contributed by atoms with van der Waals surface area (Å²) in [6, 6.07) is 13.3. The van der Waals surface area contributed by atoms with E-state index in [9.17, 15) is 13.2 Å². The molecule has 2 aromatic carbocycles. The number of carbonyl (C=O) groups excluding carboxylic acids is 1. The van der Waals surface area contributed by atoms with E-state index >= 15 is 0 Å². The molecular formula is C19H22N2O5S. The fourth-order valence-corrected chi connectivity index (χ4v) is 3.26. The minimum absolute atomic E-state index is 0.0871. The number of carbonyl (C=O) groups is 1. The van der Waals surface area contributed by atoms with Crippen molar-refractivity contribution in [2.45, 2.75) is 4.90 Å². The molecule has 0 heterocycles. The summed E-state index contributed by atoms with van der Waals surface area (Å²) in [6.45, 7) is 0.250. The number of hydrogen-bond donors (Lipinski definition) is 2. The molecule has 0 atom stereocenters. The molecule has 0 aromatic heterocycles. The number of sulfonamides is 1. The molecule has 0 fully saturated rings. The molecule has 2 rings (SSSR count). The molecule has 2 N–H and O–H groups in total. The van der Waals surface area contributed by atoms with E-state index in [0.29, 0.717) is 11.5 Å². The van der Waals surface area contributed by atoms with Crippen molar-refractivity contribution in [2.75, 3.05) is 27.3 Å². The highest BCUT2D eigenvalue weighted by Crippen LogP contribution is 2.23. The van der Waals surface area contributed by atoms with Gasteiger partial charge in [-0.1, -0.05) is 18.2 Å². The predicted octanol–water partition coefficient (Wildman–Crippen LogP) is 1.81. The van der Waals surface area contributed by atoms with Gasteiger partial charge in [0.1, 0.15) is 11.5 Å². The third-order valence-corrected chi connectivity index (χ3v) is 5.05. The van der Waals surface area contributed by atoms with Gasteiger partial charge in [-0.15, -0.1) is 0 Å². The molecule has 0 aliphatic heterocycles. The van der Waals surface area contributed by atoms with E-state index in [1.165, 1.54) is 18.2 Å². The van der Waals surface area contributed by atoms with E-state index in [4.69, 9.17) is 9.47 Å². The fourth-order valence-electron chi connectivity index (χ4n) is 2.21. The minimum atomic E-state index is -3.58. The van der Waals surface area contributed by atoms with Crippen LogP contribution in [0.15, 0.2) is 59.5 Å². The lowest BCUT2D eigenvalue weighted by atomic mass is 10.2. The van der Waals surface area contributed by atoms with Gasteiger partial charge in [0.15, 0.2) is 0 Å². The molecule has 1 amide bonds. The van der Waals surface area contributed by atoms with E-state index in [-0.39, 0.29) is 23.9 Å². The van der Waals surface area contributed by atoms with Crippen LogP contribution >= 0.6 is 0 Å². The van der Waals surface area contributed by atoms with Gasteiger partial charge in [-0.25, -0.2) is 13.1 Å². The average Bonchev–Trinajstić information content (AvgIpc) is 2.70. The first-order valence-corrected chi connectivity index (χ1v) is 9.66. The highest BCUT2D eigenvalue weighted by Gasteiger charge is 2.12. The highest BCUT2D eigenvalue weighted by molar-refractivity contribution is 7.89. The van der Waals surface area contributed by atoms with Gasteiger partial charge in [0.2, 0.25) is 15.9 Å². The predicted molar refractivity (Wildman–Crippen MR) is 103 cm³/mol. The first-order chi connectivity index (χ1) is 12.9. The Morgan fingerprint density at radius 3 is 2.22 bits per heavy atom. The lowest BCUT2D eigenvalue weighted by molar-refractivity contribution is -0.116. The molecule has 7 nitrogen and oxygen atoms in total. The Balaban J connectivity index is 1.84. The number of rotatable bonds is 9. The maximum absolute atomic E-state index is 12.0. The molecule has 0 aliphatic rings. The topological polar surface area (TPSA) is 93.7 Å². The highest BCUT2D eigenvalue weighted by atomic mass is 32.2. The second-order valence-corrected chi connectivity index (χ2v) is 7.25. The van der Waals surface area contributed by atoms with Crippen LogP contribution < -0.4 is 19.5 Å². The summed E-state index contributed by atoms with van der Waals surface area (Å²) in [6.07, 6.45) is 2.98. The summed E-state index contributed by atoms with van der Waals surface area (Å²) in [5, 5.41) is 2.62. The van der Waals surface area contributed by atoms with Crippen LogP contribution in [0.25, 0.3) is 6.08 Å². The Bertz CT molecular complexity index is 873. The Hall–Kier alpha value is -2.84. The standard InChI is InChI=1S/C19H22N2O5S/c1-25-16-12-15(13-17(14-16)26-2)8-9-19(22)20-10-11-21-27(23,24)18-6-4-3-5-7-18/h3-9,12-14,21H,10-11H2,1-2H3,(H,20,22)/b9-8+. The van der Waals surface area contributed by atoms with Gasteiger partial charge in [-0.3, -0.25) is 4.79 Å². The average molecular weight is 390 g/mol. The van der Waals surface area contributed by atoms with Crippen LogP contribution in [0.2, 0.25) is 0 Å². The Kier molecular flexibility index (Phi) is 7.39. The summed E-state index contributed by atoms with van der Waals surface area (Å²) < 4.78 is 36.9. The first-order valence-electron chi connectivity index (χ1n) is 8.18. The lowest BCUT2D eigenvalue weighted by Gasteiger charge is -2.07. The summed E-state index contributed by atoms with van der Waals surface area (Å²) in [4.78, 5) is 12.1. The van der Waals surface area contributed by atoms with Crippen molar-refractivity contribution in [3.8, 4) is 11.5 Å².